The number of allylic oxidation sites excluding steroid dienone is 2. The van der Waals surface area contributed by atoms with Crippen LogP contribution in [0, 0.1) is 11.3 Å². The average Bonchev–Trinajstić information content (AvgIpc) is 3.03. The number of Topliss-reactive ketones (excluding diaryl/α,β-unsaturated/α-hetero) is 1. The Morgan fingerprint density at radius 1 is 1.24 bits per heavy atom. The van der Waals surface area contributed by atoms with Gasteiger partial charge in [-0.25, -0.2) is 4.79 Å². The third-order valence-corrected chi connectivity index (χ3v) is 5.97. The van der Waals surface area contributed by atoms with E-state index in [1.165, 1.54) is 13.8 Å². The first-order chi connectivity index (χ1) is 15.8. The summed E-state index contributed by atoms with van der Waals surface area (Å²) in [6.07, 6.45) is 5.92. The van der Waals surface area contributed by atoms with Gasteiger partial charge in [-0.15, -0.1) is 0 Å². The van der Waals surface area contributed by atoms with E-state index in [0.717, 1.165) is 4.90 Å². The molecule has 10 heteroatoms. The lowest BCUT2D eigenvalue weighted by molar-refractivity contribution is -0.178. The Labute approximate surface area is 197 Å². The largest absolute Gasteiger partial charge is 0.427 e. The molecule has 0 bridgehead atoms. The third-order valence-electron chi connectivity index (χ3n) is 5.97. The molecule has 1 N–H and O–H groups in total. The standard InChI is InChI=1S/C24H29N3O7/c1-13(28)18-20(30)27-19(21(31)33-12-34-22(32)23(3,4)5)17(11-24(18,27)25-6)15-7-9-16(10-8-15)26-14(2)29/h7-9,16,18H,6,10-12H2,1-5H3,(H,26,29)/t16?,18?,24-/m1/s1. The number of nitrogens with zero attached hydrogens (tertiary/aromatic N) is 2. The highest BCUT2D eigenvalue weighted by molar-refractivity contribution is 6.12. The Balaban J connectivity index is 1.91. The van der Waals surface area contributed by atoms with E-state index in [1.54, 1.807) is 32.9 Å². The van der Waals surface area contributed by atoms with E-state index in [1.807, 2.05) is 6.08 Å². The minimum atomic E-state index is -1.31. The number of aliphatic imine (C=N–C) groups is 1. The second-order valence-electron chi connectivity index (χ2n) is 9.55. The SMILES string of the molecule is C=N[C@]12CC(C3=CCC(NC(C)=O)C=C3)=C(C(=O)OCOC(=O)C(C)(C)C)N1C(=O)C2C(C)=O. The summed E-state index contributed by atoms with van der Waals surface area (Å²) in [5.74, 6) is -3.60. The van der Waals surface area contributed by atoms with Crippen molar-refractivity contribution in [2.45, 2.75) is 59.2 Å². The van der Waals surface area contributed by atoms with Gasteiger partial charge >= 0.3 is 11.9 Å². The lowest BCUT2D eigenvalue weighted by Crippen LogP contribution is -2.69. The molecule has 0 aromatic rings. The van der Waals surface area contributed by atoms with Gasteiger partial charge in [0.25, 0.3) is 0 Å². The number of carbonyl (C=O) groups is 5. The van der Waals surface area contributed by atoms with E-state index in [9.17, 15) is 24.0 Å². The number of β-lactam (4-membered cyclic amide) rings is 1. The highest BCUT2D eigenvalue weighted by Gasteiger charge is 2.68. The predicted molar refractivity (Wildman–Crippen MR) is 121 cm³/mol. The summed E-state index contributed by atoms with van der Waals surface area (Å²) < 4.78 is 10.2. The molecule has 0 aromatic heterocycles. The van der Waals surface area contributed by atoms with E-state index in [4.69, 9.17) is 9.47 Å². The quantitative estimate of drug-likeness (QED) is 0.196. The predicted octanol–water partition coefficient (Wildman–Crippen LogP) is 1.57. The van der Waals surface area contributed by atoms with Gasteiger partial charge in [0.15, 0.2) is 5.66 Å². The van der Waals surface area contributed by atoms with Crippen LogP contribution in [0.2, 0.25) is 0 Å². The molecular weight excluding hydrogens is 442 g/mol. The molecule has 0 aromatic carbocycles. The van der Waals surface area contributed by atoms with E-state index in [0.29, 0.717) is 17.6 Å². The maximum atomic E-state index is 13.1. The first-order valence-electron chi connectivity index (χ1n) is 10.9. The van der Waals surface area contributed by atoms with Crippen molar-refractivity contribution in [1.29, 1.82) is 0 Å². The van der Waals surface area contributed by atoms with Crippen molar-refractivity contribution in [1.82, 2.24) is 10.2 Å². The molecule has 3 aliphatic rings. The van der Waals surface area contributed by atoms with Gasteiger partial charge in [-0.3, -0.25) is 29.1 Å². The number of esters is 2. The number of carbonyl (C=O) groups excluding carboxylic acids is 5. The van der Waals surface area contributed by atoms with Crippen LogP contribution in [0.4, 0.5) is 0 Å². The number of hydrogen-bond donors (Lipinski definition) is 1. The fourth-order valence-corrected chi connectivity index (χ4v) is 4.35. The molecule has 3 rings (SSSR count). The minimum absolute atomic E-state index is 0.0596. The molecule has 10 nitrogen and oxygen atoms in total. The Hall–Kier alpha value is -3.56. The monoisotopic (exact) mass is 471 g/mol. The van der Waals surface area contributed by atoms with Crippen LogP contribution < -0.4 is 5.32 Å². The summed E-state index contributed by atoms with van der Waals surface area (Å²) in [6.45, 7) is 10.7. The van der Waals surface area contributed by atoms with Gasteiger partial charge in [-0.1, -0.05) is 18.2 Å². The van der Waals surface area contributed by atoms with Crippen molar-refractivity contribution >= 4 is 36.3 Å². The number of ketones is 1. The van der Waals surface area contributed by atoms with Crippen molar-refractivity contribution < 1.29 is 33.4 Å². The summed E-state index contributed by atoms with van der Waals surface area (Å²) in [6, 6.07) is -0.203. The van der Waals surface area contributed by atoms with Gasteiger partial charge in [0, 0.05) is 13.3 Å². The number of rotatable bonds is 7. The third kappa shape index (κ3) is 4.32. The van der Waals surface area contributed by atoms with Crippen LogP contribution in [0.1, 0.15) is 47.5 Å². The molecule has 0 spiro atoms. The van der Waals surface area contributed by atoms with Crippen molar-refractivity contribution in [3.63, 3.8) is 0 Å². The molecule has 2 amide bonds. The second kappa shape index (κ2) is 9.00. The fourth-order valence-electron chi connectivity index (χ4n) is 4.35. The molecule has 1 fully saturated rings. The van der Waals surface area contributed by atoms with Crippen LogP contribution in [0.15, 0.2) is 40.1 Å². The Morgan fingerprint density at radius 3 is 2.41 bits per heavy atom. The first kappa shape index (κ1) is 25.1. The highest BCUT2D eigenvalue weighted by Crippen LogP contribution is 2.54. The number of nitrogens with one attached hydrogen (secondary N) is 1. The van der Waals surface area contributed by atoms with Crippen molar-refractivity contribution in [2.24, 2.45) is 16.3 Å². The smallest absolute Gasteiger partial charge is 0.358 e. The van der Waals surface area contributed by atoms with Crippen LogP contribution >= 0.6 is 0 Å². The molecule has 182 valence electrons. The van der Waals surface area contributed by atoms with Gasteiger partial charge in [0.05, 0.1) is 11.5 Å². The maximum Gasteiger partial charge on any atom is 0.358 e. The van der Waals surface area contributed by atoms with E-state index < -0.39 is 41.6 Å². The molecule has 1 saturated heterocycles. The summed E-state index contributed by atoms with van der Waals surface area (Å²) in [5.41, 5.74) is -1.04. The lowest BCUT2D eigenvalue weighted by atomic mass is 9.77. The number of hydrogen-bond acceptors (Lipinski definition) is 8. The Morgan fingerprint density at radius 2 is 1.91 bits per heavy atom. The van der Waals surface area contributed by atoms with Crippen LogP contribution in [0.3, 0.4) is 0 Å². The second-order valence-corrected chi connectivity index (χ2v) is 9.55. The zero-order chi connectivity index (χ0) is 25.4. The van der Waals surface area contributed by atoms with Gasteiger partial charge < -0.3 is 14.8 Å². The Bertz CT molecular complexity index is 1060. The number of ether oxygens (including phenoxy) is 2. The van der Waals surface area contributed by atoms with Crippen LogP contribution in [0.25, 0.3) is 0 Å². The normalized spacial score (nSPS) is 25.7. The molecule has 3 atom stereocenters. The Kier molecular flexibility index (Phi) is 6.64. The minimum Gasteiger partial charge on any atom is -0.427 e. The lowest BCUT2D eigenvalue weighted by Gasteiger charge is -2.50. The zero-order valence-electron chi connectivity index (χ0n) is 20.0. The molecule has 34 heavy (non-hydrogen) atoms. The molecule has 2 heterocycles. The topological polar surface area (TPSA) is 131 Å². The summed E-state index contributed by atoms with van der Waals surface area (Å²) in [5, 5.41) is 2.79. The van der Waals surface area contributed by atoms with Crippen molar-refractivity contribution in [3.05, 3.63) is 35.1 Å². The van der Waals surface area contributed by atoms with Gasteiger partial charge in [0.2, 0.25) is 18.6 Å². The summed E-state index contributed by atoms with van der Waals surface area (Å²) in [4.78, 5) is 66.8. The van der Waals surface area contributed by atoms with Crippen LogP contribution in [-0.2, 0) is 33.4 Å². The molecule has 2 aliphatic heterocycles. The van der Waals surface area contributed by atoms with Gasteiger partial charge in [-0.2, -0.15) is 0 Å². The van der Waals surface area contributed by atoms with Crippen molar-refractivity contribution in [2.75, 3.05) is 6.79 Å². The molecular formula is C24H29N3O7. The average molecular weight is 472 g/mol. The van der Waals surface area contributed by atoms with E-state index in [-0.39, 0.29) is 29.9 Å². The summed E-state index contributed by atoms with van der Waals surface area (Å²) in [7, 11) is 0. The number of amides is 2. The zero-order valence-corrected chi connectivity index (χ0v) is 20.0. The van der Waals surface area contributed by atoms with Gasteiger partial charge in [0.1, 0.15) is 17.4 Å². The molecule has 1 aliphatic carbocycles. The highest BCUT2D eigenvalue weighted by atomic mass is 16.7. The first-order valence-corrected chi connectivity index (χ1v) is 10.9. The number of fused-ring (bicyclic) bond motifs is 1. The molecule has 0 radical (unpaired) electrons. The van der Waals surface area contributed by atoms with Crippen LogP contribution in [0.5, 0.6) is 0 Å². The van der Waals surface area contributed by atoms with Crippen molar-refractivity contribution in [3.8, 4) is 0 Å². The molecule has 0 saturated carbocycles. The maximum absolute atomic E-state index is 13.1. The summed E-state index contributed by atoms with van der Waals surface area (Å²) >= 11 is 0. The van der Waals surface area contributed by atoms with Crippen LogP contribution in [-0.4, -0.2) is 59.7 Å². The fraction of sp³-hybridized carbons (Fsp3) is 0.500. The van der Waals surface area contributed by atoms with E-state index >= 15 is 0 Å². The van der Waals surface area contributed by atoms with Gasteiger partial charge in [-0.05, 0) is 52.0 Å². The molecule has 2 unspecified atom stereocenters. The van der Waals surface area contributed by atoms with E-state index in [2.05, 4.69) is 17.0 Å².